The number of carbonyl (C=O) groups excluding carboxylic acids is 1. The summed E-state index contributed by atoms with van der Waals surface area (Å²) in [7, 11) is 1.60. The summed E-state index contributed by atoms with van der Waals surface area (Å²) in [5.41, 5.74) is 6.30. The van der Waals surface area contributed by atoms with Gasteiger partial charge in [0.1, 0.15) is 5.75 Å². The van der Waals surface area contributed by atoms with Crippen LogP contribution in [0.15, 0.2) is 83.0 Å². The Balaban J connectivity index is 1.63. The van der Waals surface area contributed by atoms with Gasteiger partial charge >= 0.3 is 6.03 Å². The number of aryl methyl sites for hydroxylation is 2. The average molecular weight is 481 g/mol. The number of amides is 2. The maximum absolute atomic E-state index is 13.4. The second kappa shape index (κ2) is 9.70. The molecule has 7 nitrogen and oxygen atoms in total. The van der Waals surface area contributed by atoms with E-state index in [2.05, 4.69) is 29.5 Å². The fourth-order valence-electron chi connectivity index (χ4n) is 4.43. The van der Waals surface area contributed by atoms with Crippen LogP contribution < -0.4 is 15.0 Å². The molecule has 1 aliphatic heterocycles. The molecule has 7 heteroatoms. The molecule has 3 aromatic carbocycles. The summed E-state index contributed by atoms with van der Waals surface area (Å²) in [6, 6.07) is 22.9. The molecule has 0 fully saturated rings. The van der Waals surface area contributed by atoms with E-state index in [0.29, 0.717) is 28.8 Å². The van der Waals surface area contributed by atoms with Gasteiger partial charge < -0.3 is 14.6 Å². The van der Waals surface area contributed by atoms with Crippen molar-refractivity contribution in [2.45, 2.75) is 33.2 Å². The quantitative estimate of drug-likeness (QED) is 0.349. The first-order valence-electron chi connectivity index (χ1n) is 11.9. The topological polar surface area (TPSA) is 80.5 Å². The van der Waals surface area contributed by atoms with Crippen molar-refractivity contribution in [3.8, 4) is 17.1 Å². The Kier molecular flexibility index (Phi) is 6.29. The molecule has 5 rings (SSSR count). The van der Waals surface area contributed by atoms with E-state index in [0.717, 1.165) is 28.7 Å². The van der Waals surface area contributed by atoms with Crippen LogP contribution in [-0.4, -0.2) is 23.3 Å². The van der Waals surface area contributed by atoms with Gasteiger partial charge in [-0.15, -0.1) is 0 Å². The zero-order valence-electron chi connectivity index (χ0n) is 20.8. The number of nitrogens with one attached hydrogen (secondary N) is 1. The number of aromatic nitrogens is 2. The molecule has 1 atom stereocenters. The molecule has 0 aliphatic carbocycles. The number of carbonyl (C=O) groups is 1. The molecule has 2 heterocycles. The number of urea groups is 1. The molecule has 1 N–H and O–H groups in total. The lowest BCUT2D eigenvalue weighted by atomic mass is 9.94. The van der Waals surface area contributed by atoms with E-state index < -0.39 is 6.04 Å². The molecule has 0 radical (unpaired) electrons. The van der Waals surface area contributed by atoms with Crippen LogP contribution in [0, 0.1) is 6.92 Å². The molecule has 0 saturated heterocycles. The van der Waals surface area contributed by atoms with Crippen molar-refractivity contribution in [1.82, 2.24) is 15.5 Å². The van der Waals surface area contributed by atoms with Crippen LogP contribution in [0.2, 0.25) is 0 Å². The number of anilines is 1. The van der Waals surface area contributed by atoms with Gasteiger partial charge in [0.25, 0.3) is 5.89 Å². The fourth-order valence-corrected chi connectivity index (χ4v) is 4.43. The summed E-state index contributed by atoms with van der Waals surface area (Å²) in [5, 5.41) is 7.41. The van der Waals surface area contributed by atoms with Gasteiger partial charge in [-0.25, -0.2) is 4.79 Å². The summed E-state index contributed by atoms with van der Waals surface area (Å²) < 4.78 is 11.2. The molecule has 1 unspecified atom stereocenters. The highest BCUT2D eigenvalue weighted by molar-refractivity contribution is 6.01. The molecule has 2 amide bonds. The zero-order valence-corrected chi connectivity index (χ0v) is 20.8. The molecule has 0 spiro atoms. The molecule has 0 bridgehead atoms. The number of hydrogen-bond donors (Lipinski definition) is 1. The number of rotatable bonds is 6. The Morgan fingerprint density at radius 1 is 1.03 bits per heavy atom. The van der Waals surface area contributed by atoms with Gasteiger partial charge in [0.15, 0.2) is 0 Å². The first-order chi connectivity index (χ1) is 17.5. The lowest BCUT2D eigenvalue weighted by Crippen LogP contribution is -2.46. The third kappa shape index (κ3) is 4.35. The highest BCUT2D eigenvalue weighted by Crippen LogP contribution is 2.39. The predicted molar refractivity (Wildman–Crippen MR) is 140 cm³/mol. The van der Waals surface area contributed by atoms with Crippen LogP contribution in [0.4, 0.5) is 10.5 Å². The normalized spacial score (nSPS) is 15.7. The standard InChI is InChI=1S/C29H28N4O3/c1-5-20-11-15-22(16-12-20)27-31-28(36-32-27)25-19(3)33(23-7-6-8-24(17-23)35-4)29(34)30-26(25)21-13-9-18(2)10-14-21/h6-17,26H,5H2,1-4H3,(H,30,34). The SMILES string of the molecule is CCc1ccc(-c2noc(C3=C(C)N(c4cccc(OC)c4)C(=O)NC3c3ccc(C)cc3)n2)cc1. The number of ether oxygens (including phenoxy) is 1. The van der Waals surface area contributed by atoms with Gasteiger partial charge in [-0.1, -0.05) is 72.2 Å². The lowest BCUT2D eigenvalue weighted by molar-refractivity contribution is 0.244. The molecular formula is C29H28N4O3. The largest absolute Gasteiger partial charge is 0.497 e. The van der Waals surface area contributed by atoms with E-state index in [1.807, 2.05) is 74.5 Å². The minimum Gasteiger partial charge on any atom is -0.497 e. The second-order valence-electron chi connectivity index (χ2n) is 8.80. The van der Waals surface area contributed by atoms with Crippen molar-refractivity contribution in [3.63, 3.8) is 0 Å². The van der Waals surface area contributed by atoms with Crippen molar-refractivity contribution in [2.24, 2.45) is 0 Å². The predicted octanol–water partition coefficient (Wildman–Crippen LogP) is 6.32. The summed E-state index contributed by atoms with van der Waals surface area (Å²) in [5.74, 6) is 1.52. The maximum atomic E-state index is 13.4. The first kappa shape index (κ1) is 23.4. The summed E-state index contributed by atoms with van der Waals surface area (Å²) in [6.45, 7) is 6.05. The van der Waals surface area contributed by atoms with Crippen molar-refractivity contribution < 1.29 is 14.1 Å². The van der Waals surface area contributed by atoms with E-state index in [4.69, 9.17) is 14.2 Å². The first-order valence-corrected chi connectivity index (χ1v) is 11.9. The van der Waals surface area contributed by atoms with E-state index in [1.165, 1.54) is 5.56 Å². The Bertz CT molecular complexity index is 1420. The van der Waals surface area contributed by atoms with Crippen LogP contribution in [0.1, 0.15) is 42.5 Å². The van der Waals surface area contributed by atoms with E-state index in [1.54, 1.807) is 12.0 Å². The third-order valence-electron chi connectivity index (χ3n) is 6.48. The Morgan fingerprint density at radius 3 is 2.47 bits per heavy atom. The van der Waals surface area contributed by atoms with Crippen molar-refractivity contribution >= 4 is 17.3 Å². The molecule has 0 saturated carbocycles. The lowest BCUT2D eigenvalue weighted by Gasteiger charge is -2.35. The van der Waals surface area contributed by atoms with Crippen molar-refractivity contribution in [1.29, 1.82) is 0 Å². The fraction of sp³-hybridized carbons (Fsp3) is 0.207. The number of benzene rings is 3. The van der Waals surface area contributed by atoms with Crippen molar-refractivity contribution in [2.75, 3.05) is 12.0 Å². The molecular weight excluding hydrogens is 452 g/mol. The van der Waals surface area contributed by atoms with E-state index in [-0.39, 0.29) is 6.03 Å². The number of nitrogens with zero attached hydrogens (tertiary/aromatic N) is 3. The summed E-state index contributed by atoms with van der Waals surface area (Å²) in [6.07, 6.45) is 0.960. The van der Waals surface area contributed by atoms with Gasteiger partial charge in [0, 0.05) is 17.3 Å². The molecule has 36 heavy (non-hydrogen) atoms. The van der Waals surface area contributed by atoms with Crippen LogP contribution >= 0.6 is 0 Å². The summed E-state index contributed by atoms with van der Waals surface area (Å²) >= 11 is 0. The van der Waals surface area contributed by atoms with Gasteiger partial charge in [0.2, 0.25) is 5.82 Å². The highest BCUT2D eigenvalue weighted by atomic mass is 16.5. The molecule has 182 valence electrons. The number of allylic oxidation sites excluding steroid dienone is 1. The Morgan fingerprint density at radius 2 is 1.78 bits per heavy atom. The zero-order chi connectivity index (χ0) is 25.2. The van der Waals surface area contributed by atoms with Gasteiger partial charge in [-0.3, -0.25) is 4.90 Å². The molecule has 1 aromatic heterocycles. The van der Waals surface area contributed by atoms with Crippen LogP contribution in [-0.2, 0) is 6.42 Å². The average Bonchev–Trinajstić information content (AvgIpc) is 3.39. The van der Waals surface area contributed by atoms with Crippen LogP contribution in [0.3, 0.4) is 0 Å². The van der Waals surface area contributed by atoms with Gasteiger partial charge in [-0.2, -0.15) is 4.98 Å². The smallest absolute Gasteiger partial charge is 0.327 e. The highest BCUT2D eigenvalue weighted by Gasteiger charge is 2.36. The van der Waals surface area contributed by atoms with E-state index in [9.17, 15) is 4.79 Å². The summed E-state index contributed by atoms with van der Waals surface area (Å²) in [4.78, 5) is 19.8. The third-order valence-corrected chi connectivity index (χ3v) is 6.48. The Labute approximate surface area is 210 Å². The number of hydrogen-bond acceptors (Lipinski definition) is 5. The maximum Gasteiger partial charge on any atom is 0.327 e. The van der Waals surface area contributed by atoms with Crippen LogP contribution in [0.25, 0.3) is 17.0 Å². The monoisotopic (exact) mass is 480 g/mol. The van der Waals surface area contributed by atoms with E-state index >= 15 is 0 Å². The Hall–Kier alpha value is -4.39. The molecule has 1 aliphatic rings. The minimum absolute atomic E-state index is 0.245. The second-order valence-corrected chi connectivity index (χ2v) is 8.80. The van der Waals surface area contributed by atoms with Gasteiger partial charge in [-0.05, 0) is 43.5 Å². The van der Waals surface area contributed by atoms with Crippen LogP contribution in [0.5, 0.6) is 5.75 Å². The number of methoxy groups -OCH3 is 1. The minimum atomic E-state index is -0.448. The van der Waals surface area contributed by atoms with Gasteiger partial charge in [0.05, 0.1) is 24.4 Å². The molecule has 4 aromatic rings. The van der Waals surface area contributed by atoms with Crippen molar-refractivity contribution in [3.05, 3.63) is 101 Å².